The normalized spacial score (nSPS) is 11.4. The summed E-state index contributed by atoms with van der Waals surface area (Å²) in [6, 6.07) is 4.07. The molecule has 1 unspecified atom stereocenters. The van der Waals surface area contributed by atoms with Crippen LogP contribution in [0.2, 0.25) is 0 Å². The predicted molar refractivity (Wildman–Crippen MR) is 170 cm³/mol. The molecule has 0 bridgehead atoms. The van der Waals surface area contributed by atoms with Crippen LogP contribution < -0.4 is 16.0 Å². The second kappa shape index (κ2) is 25.9. The minimum absolute atomic E-state index is 0.141. The van der Waals surface area contributed by atoms with Crippen molar-refractivity contribution in [1.29, 1.82) is 0 Å². The highest BCUT2D eigenvalue weighted by molar-refractivity contribution is 6.06. The lowest BCUT2D eigenvalue weighted by Crippen LogP contribution is -2.39. The van der Waals surface area contributed by atoms with Gasteiger partial charge in [-0.05, 0) is 47.4 Å². The van der Waals surface area contributed by atoms with E-state index in [1.54, 1.807) is 32.9 Å². The van der Waals surface area contributed by atoms with Crippen molar-refractivity contribution in [1.82, 2.24) is 15.5 Å². The van der Waals surface area contributed by atoms with E-state index in [-0.39, 0.29) is 24.0 Å². The van der Waals surface area contributed by atoms with E-state index in [2.05, 4.69) is 16.0 Å². The molecule has 45 heavy (non-hydrogen) atoms. The smallest absolute Gasteiger partial charge is 0.407 e. The van der Waals surface area contributed by atoms with Crippen LogP contribution in [0.15, 0.2) is 18.2 Å². The number of hydrogen-bond donors (Lipinski definition) is 3. The minimum atomic E-state index is -0.780. The van der Waals surface area contributed by atoms with Gasteiger partial charge in [-0.25, -0.2) is 4.79 Å². The molecule has 3 N–H and O–H groups in total. The maximum absolute atomic E-state index is 13.1. The van der Waals surface area contributed by atoms with Crippen LogP contribution in [0.4, 0.5) is 10.5 Å². The number of rotatable bonds is 23. The molecule has 0 spiro atoms. The van der Waals surface area contributed by atoms with Crippen LogP contribution in [0, 0.1) is 0 Å². The third-order valence-electron chi connectivity index (χ3n) is 5.59. The first-order valence-electron chi connectivity index (χ1n) is 14.9. The molecule has 256 valence electrons. The highest BCUT2D eigenvalue weighted by Gasteiger charge is 2.25. The fraction of sp³-hybridized carbons (Fsp3) is 0.645. The number of aldehydes is 3. The number of carbonyl (C=O) groups excluding carboxylic acids is 5. The Hall–Kier alpha value is -3.43. The van der Waals surface area contributed by atoms with Crippen molar-refractivity contribution in [2.45, 2.75) is 45.3 Å². The Morgan fingerprint density at radius 2 is 1.40 bits per heavy atom. The quantitative estimate of drug-likeness (QED) is 0.118. The van der Waals surface area contributed by atoms with Crippen LogP contribution in [0.25, 0.3) is 0 Å². The van der Waals surface area contributed by atoms with Gasteiger partial charge in [0.25, 0.3) is 5.91 Å². The molecule has 14 nitrogen and oxygen atoms in total. The summed E-state index contributed by atoms with van der Waals surface area (Å²) >= 11 is 0. The number of amides is 2. The van der Waals surface area contributed by atoms with Gasteiger partial charge in [-0.15, -0.1) is 0 Å². The van der Waals surface area contributed by atoms with Gasteiger partial charge in [0.2, 0.25) is 0 Å². The van der Waals surface area contributed by atoms with Crippen molar-refractivity contribution >= 4 is 36.5 Å². The zero-order valence-electron chi connectivity index (χ0n) is 27.6. The Bertz CT molecular complexity index is 988. The molecule has 0 radical (unpaired) electrons. The number of anilines is 1. The van der Waals surface area contributed by atoms with Gasteiger partial charge in [0.05, 0.1) is 64.5 Å². The average molecular weight is 641 g/mol. The maximum Gasteiger partial charge on any atom is 0.407 e. The van der Waals surface area contributed by atoms with Crippen LogP contribution >= 0.6 is 0 Å². The highest BCUT2D eigenvalue weighted by Crippen LogP contribution is 2.22. The molecule has 0 fully saturated rings. The second-order valence-electron chi connectivity index (χ2n) is 10.6. The van der Waals surface area contributed by atoms with E-state index in [4.69, 9.17) is 23.7 Å². The van der Waals surface area contributed by atoms with Crippen molar-refractivity contribution in [3.8, 4) is 0 Å². The van der Waals surface area contributed by atoms with E-state index >= 15 is 0 Å². The molecule has 1 aromatic carbocycles. The molecule has 2 amide bonds. The highest BCUT2D eigenvalue weighted by atomic mass is 16.6. The van der Waals surface area contributed by atoms with Gasteiger partial charge >= 0.3 is 6.09 Å². The van der Waals surface area contributed by atoms with Gasteiger partial charge in [0.15, 0.2) is 6.29 Å². The molecule has 0 aliphatic heterocycles. The Kier molecular flexibility index (Phi) is 23.9. The predicted octanol–water partition coefficient (Wildman–Crippen LogP) is 1.96. The summed E-state index contributed by atoms with van der Waals surface area (Å²) in [5.41, 5.74) is 0.247. The molecule has 1 atom stereocenters. The third kappa shape index (κ3) is 20.3. The number of nitrogens with one attached hydrogen (secondary N) is 3. The SMILES string of the molecule is CN(C(=O)c1c(C=O)cccc1NCCOCCOCCOCCOCCNC(=O)OC(C)(C)C)C(C=O)CCC=O.CNC. The van der Waals surface area contributed by atoms with Gasteiger partial charge in [-0.2, -0.15) is 0 Å². The lowest BCUT2D eigenvalue weighted by Gasteiger charge is -2.25. The summed E-state index contributed by atoms with van der Waals surface area (Å²) in [6.45, 7) is 9.10. The third-order valence-corrected chi connectivity index (χ3v) is 5.59. The Balaban J connectivity index is 0.00000618. The lowest BCUT2D eigenvalue weighted by atomic mass is 10.0. The fourth-order valence-corrected chi connectivity index (χ4v) is 3.53. The first-order valence-corrected chi connectivity index (χ1v) is 14.9. The van der Waals surface area contributed by atoms with Crippen LogP contribution in [-0.4, -0.2) is 134 Å². The van der Waals surface area contributed by atoms with Crippen molar-refractivity contribution in [3.05, 3.63) is 29.3 Å². The van der Waals surface area contributed by atoms with E-state index < -0.39 is 23.6 Å². The zero-order chi connectivity index (χ0) is 33.9. The number of alkyl carbamates (subject to hydrolysis) is 1. The summed E-state index contributed by atoms with van der Waals surface area (Å²) in [6.07, 6.45) is 1.76. The number of carbonyl (C=O) groups is 5. The largest absolute Gasteiger partial charge is 0.444 e. The van der Waals surface area contributed by atoms with E-state index in [1.165, 1.54) is 18.0 Å². The zero-order valence-corrected chi connectivity index (χ0v) is 27.6. The molecule has 1 rings (SSSR count). The molecule has 0 saturated heterocycles. The van der Waals surface area contributed by atoms with E-state index in [9.17, 15) is 24.0 Å². The summed E-state index contributed by atoms with van der Waals surface area (Å²) in [5.74, 6) is -0.499. The molecule has 0 heterocycles. The molecule has 1 aromatic rings. The van der Waals surface area contributed by atoms with Gasteiger partial charge < -0.3 is 54.1 Å². The van der Waals surface area contributed by atoms with Crippen LogP contribution in [0.5, 0.6) is 0 Å². The topological polar surface area (TPSA) is 171 Å². The summed E-state index contributed by atoms with van der Waals surface area (Å²) in [4.78, 5) is 59.6. The Morgan fingerprint density at radius 3 is 1.89 bits per heavy atom. The van der Waals surface area contributed by atoms with E-state index in [1.807, 2.05) is 14.1 Å². The summed E-state index contributed by atoms with van der Waals surface area (Å²) < 4.78 is 26.9. The minimum Gasteiger partial charge on any atom is -0.444 e. The molecule has 14 heteroatoms. The molecular formula is C31H52N4O10. The van der Waals surface area contributed by atoms with E-state index in [0.29, 0.717) is 90.5 Å². The lowest BCUT2D eigenvalue weighted by molar-refractivity contribution is -0.112. The van der Waals surface area contributed by atoms with Crippen molar-refractivity contribution < 1.29 is 47.7 Å². The van der Waals surface area contributed by atoms with Crippen molar-refractivity contribution in [2.75, 3.05) is 92.4 Å². The standard InChI is InChI=1S/C29H45N3O10.C2H7N/c1-29(2,3)42-28(37)31-11-14-39-16-18-41-20-19-40-17-15-38-13-10-30-25-9-5-7-23(21-34)26(25)27(36)32(4)24(22-35)8-6-12-33;1-3-2/h5,7,9,12,21-22,24,30H,6,8,10-11,13-20H2,1-4H3,(H,31,37);3H,1-2H3. The first kappa shape index (κ1) is 41.6. The number of nitrogens with zero attached hydrogens (tertiary/aromatic N) is 1. The molecule has 0 aliphatic rings. The molecular weight excluding hydrogens is 588 g/mol. The van der Waals surface area contributed by atoms with Gasteiger partial charge in [-0.3, -0.25) is 9.59 Å². The van der Waals surface area contributed by atoms with Crippen LogP contribution in [0.3, 0.4) is 0 Å². The van der Waals surface area contributed by atoms with Crippen molar-refractivity contribution in [2.24, 2.45) is 0 Å². The number of ether oxygens (including phenoxy) is 5. The number of hydrogen-bond acceptors (Lipinski definition) is 12. The fourth-order valence-electron chi connectivity index (χ4n) is 3.53. The molecule has 0 saturated carbocycles. The Labute approximate surface area is 266 Å². The van der Waals surface area contributed by atoms with E-state index in [0.717, 1.165) is 0 Å². The van der Waals surface area contributed by atoms with Gasteiger partial charge in [0.1, 0.15) is 18.2 Å². The monoisotopic (exact) mass is 640 g/mol. The number of likely N-dealkylation sites (N-methyl/N-ethyl adjacent to an activating group) is 1. The van der Waals surface area contributed by atoms with Gasteiger partial charge in [-0.1, -0.05) is 12.1 Å². The molecule has 0 aromatic heterocycles. The van der Waals surface area contributed by atoms with Crippen LogP contribution in [-0.2, 0) is 33.3 Å². The van der Waals surface area contributed by atoms with Gasteiger partial charge in [0, 0.05) is 37.8 Å². The summed E-state index contributed by atoms with van der Waals surface area (Å²) in [7, 11) is 5.22. The second-order valence-corrected chi connectivity index (χ2v) is 10.6. The number of benzene rings is 1. The molecule has 0 aliphatic carbocycles. The first-order chi connectivity index (χ1) is 21.6. The summed E-state index contributed by atoms with van der Waals surface area (Å²) in [5, 5.41) is 8.46. The van der Waals surface area contributed by atoms with Crippen LogP contribution in [0.1, 0.15) is 54.3 Å². The Morgan fingerprint density at radius 1 is 0.867 bits per heavy atom. The maximum atomic E-state index is 13.1. The average Bonchev–Trinajstić information content (AvgIpc) is 3.00. The van der Waals surface area contributed by atoms with Crippen molar-refractivity contribution in [3.63, 3.8) is 0 Å².